The molecule has 24 nitrogen and oxygen atoms in total. The molecule has 0 saturated carbocycles. The van der Waals surface area contributed by atoms with Crippen LogP contribution in [0.25, 0.3) is 0 Å². The van der Waals surface area contributed by atoms with Crippen LogP contribution in [-0.4, -0.2) is 148 Å². The Morgan fingerprint density at radius 3 is 1.63 bits per heavy atom. The van der Waals surface area contributed by atoms with Gasteiger partial charge in [-0.05, 0) is 0 Å². The summed E-state index contributed by atoms with van der Waals surface area (Å²) in [7, 11) is -21.5. The molecule has 0 aromatic rings. The van der Waals surface area contributed by atoms with Crippen LogP contribution in [0, 0.1) is 0 Å². The van der Waals surface area contributed by atoms with Crippen LogP contribution in [0.2, 0.25) is 0 Å². The smallest absolute Gasteiger partial charge is 0.397 e. The summed E-state index contributed by atoms with van der Waals surface area (Å²) in [6.45, 7) is -1.49. The molecular weight excluding hydrogens is 668 g/mol. The lowest BCUT2D eigenvalue weighted by Gasteiger charge is -2.46. The van der Waals surface area contributed by atoms with Crippen molar-refractivity contribution in [1.82, 2.24) is 0 Å². The molecule has 0 aromatic heterocycles. The van der Waals surface area contributed by atoms with Gasteiger partial charge in [0.2, 0.25) is 0 Å². The maximum atomic E-state index is 11.6. The van der Waals surface area contributed by atoms with E-state index in [1.54, 1.807) is 0 Å². The molecule has 0 amide bonds. The topological polar surface area (TPSA) is 369 Å². The molecule has 2 aliphatic heterocycles. The first kappa shape index (κ1) is 35.9. The molecule has 2 rings (SSSR count). The molecule has 242 valence electrons. The minimum absolute atomic E-state index is 0.776. The molecule has 7 N–H and O–H groups in total. The third-order valence-corrected chi connectivity index (χ3v) is 6.85. The van der Waals surface area contributed by atoms with Crippen LogP contribution < -0.4 is 0 Å². The lowest BCUT2D eigenvalue weighted by Crippen LogP contribution is -2.66. The molecule has 2 heterocycles. The summed E-state index contributed by atoms with van der Waals surface area (Å²) in [6.07, 6.45) is -24.8. The van der Waals surface area contributed by atoms with E-state index in [0.29, 0.717) is 0 Å². The fourth-order valence-electron chi connectivity index (χ4n) is 3.65. The molecule has 2 aliphatic rings. The third-order valence-electron chi connectivity index (χ3n) is 5.02. The van der Waals surface area contributed by atoms with Crippen molar-refractivity contribution in [3.05, 3.63) is 0 Å². The van der Waals surface area contributed by atoms with Crippen LogP contribution in [0.3, 0.4) is 0 Å². The number of hydrogen-bond donors (Lipinski definition) is 7. The zero-order valence-electron chi connectivity index (χ0n) is 19.7. The zero-order valence-corrected chi connectivity index (χ0v) is 23.0. The van der Waals surface area contributed by atoms with Crippen LogP contribution >= 0.6 is 0 Å². The van der Waals surface area contributed by atoms with Gasteiger partial charge in [0, 0.05) is 7.11 Å². The molecule has 0 bridgehead atoms. The van der Waals surface area contributed by atoms with E-state index in [2.05, 4.69) is 16.7 Å². The van der Waals surface area contributed by atoms with Crippen LogP contribution in [0.5, 0.6) is 0 Å². The highest BCUT2D eigenvalue weighted by Gasteiger charge is 2.57. The van der Waals surface area contributed by atoms with Gasteiger partial charge in [-0.25, -0.2) is 21.5 Å². The SMILES string of the molecule is CO[C@H]1[C@H](O)[C@H](C(=O)O)O[C@@H](O[C@H]2[C@H](OS(=O)(=O)O)[C@@H](OS(=O)(=O)O)[C@@H](O)O[C@@H]2COS(=O)(=O)O)[C@@H]1OS(=O)(=O)O. The number of aliphatic hydroxyl groups excluding tert-OH is 2. The highest BCUT2D eigenvalue weighted by Crippen LogP contribution is 2.34. The Labute approximate surface area is 230 Å². The normalized spacial score (nSPS) is 35.7. The predicted molar refractivity (Wildman–Crippen MR) is 116 cm³/mol. The Hall–Kier alpha value is -1.29. The average Bonchev–Trinajstić information content (AvgIpc) is 2.75. The number of hydrogen-bond acceptors (Lipinski definition) is 19. The number of carboxylic acid groups (broad SMARTS) is 1. The number of carbonyl (C=O) groups is 1. The molecule has 10 atom stereocenters. The molecule has 0 aromatic carbocycles. The fraction of sp³-hybridized carbons (Fsp3) is 0.923. The van der Waals surface area contributed by atoms with E-state index in [1.165, 1.54) is 0 Å². The Balaban J connectivity index is 2.69. The summed E-state index contributed by atoms with van der Waals surface area (Å²) in [5, 5.41) is 29.8. The van der Waals surface area contributed by atoms with Crippen molar-refractivity contribution < 1.29 is 108 Å². The number of methoxy groups -OCH3 is 1. The van der Waals surface area contributed by atoms with E-state index >= 15 is 0 Å². The summed E-state index contributed by atoms with van der Waals surface area (Å²) in [5.74, 6) is -1.96. The van der Waals surface area contributed by atoms with Gasteiger partial charge < -0.3 is 34.3 Å². The van der Waals surface area contributed by atoms with Gasteiger partial charge in [-0.15, -0.1) is 0 Å². The molecule has 2 saturated heterocycles. The summed E-state index contributed by atoms with van der Waals surface area (Å²) in [4.78, 5) is 11.6. The Bertz CT molecular complexity index is 1360. The van der Waals surface area contributed by atoms with Crippen molar-refractivity contribution in [1.29, 1.82) is 0 Å². The van der Waals surface area contributed by atoms with Crippen LogP contribution in [0.1, 0.15) is 0 Å². The third kappa shape index (κ3) is 10.7. The van der Waals surface area contributed by atoms with Crippen molar-refractivity contribution in [2.75, 3.05) is 13.7 Å². The van der Waals surface area contributed by atoms with E-state index in [-0.39, 0.29) is 0 Å². The average molecular weight is 691 g/mol. The van der Waals surface area contributed by atoms with E-state index in [1.807, 2.05) is 0 Å². The molecule has 28 heteroatoms. The first-order chi connectivity index (χ1) is 18.4. The molecule has 0 aliphatic carbocycles. The minimum atomic E-state index is -5.75. The second-order valence-electron chi connectivity index (χ2n) is 7.80. The van der Waals surface area contributed by atoms with Gasteiger partial charge in [0.15, 0.2) is 30.9 Å². The first-order valence-electron chi connectivity index (χ1n) is 10.1. The number of ether oxygens (including phenoxy) is 4. The second-order valence-corrected chi connectivity index (χ2v) is 12.0. The highest BCUT2D eigenvalue weighted by atomic mass is 32.3. The zero-order chi connectivity index (χ0) is 31.7. The molecule has 0 radical (unpaired) electrons. The van der Waals surface area contributed by atoms with E-state index in [4.69, 9.17) is 32.6 Å². The van der Waals surface area contributed by atoms with Crippen molar-refractivity contribution >= 4 is 47.6 Å². The van der Waals surface area contributed by atoms with Gasteiger partial charge >= 0.3 is 47.6 Å². The van der Waals surface area contributed by atoms with Gasteiger partial charge in [0.25, 0.3) is 0 Å². The summed E-state index contributed by atoms with van der Waals surface area (Å²) in [6, 6.07) is 0. The number of carboxylic acids is 1. The first-order valence-corrected chi connectivity index (χ1v) is 15.6. The Morgan fingerprint density at radius 1 is 0.707 bits per heavy atom. The van der Waals surface area contributed by atoms with Gasteiger partial charge in [-0.1, -0.05) is 0 Å². The lowest BCUT2D eigenvalue weighted by atomic mass is 9.96. The standard InChI is InChI=1S/C13H22O24S4/c1-30-6-4(14)7(11(15)16)34-13(10(6)37-41(27,28)29)33-5-3(2-31-38(18,19)20)32-12(17)9(36-40(24,25)26)8(5)35-39(21,22)23/h3-10,12-14,17H,2H2,1H3,(H,15,16)(H,18,19,20)(H,21,22,23)(H,24,25,26)(H,27,28,29)/t3-,4+,5-,6+,7-,8+,9-,10-,12+,13-/m1/s1. The van der Waals surface area contributed by atoms with Crippen molar-refractivity contribution in [2.24, 2.45) is 0 Å². The van der Waals surface area contributed by atoms with Crippen molar-refractivity contribution in [2.45, 2.75) is 61.4 Å². The summed E-state index contributed by atoms with van der Waals surface area (Å²) >= 11 is 0. The fourth-order valence-corrected chi connectivity index (χ4v) is 5.42. The van der Waals surface area contributed by atoms with Gasteiger partial charge in [-0.2, -0.15) is 33.7 Å². The Kier molecular flexibility index (Phi) is 11.5. The molecular formula is C13H22O24S4. The maximum absolute atomic E-state index is 11.6. The van der Waals surface area contributed by atoms with E-state index in [0.717, 1.165) is 7.11 Å². The van der Waals surface area contributed by atoms with Crippen molar-refractivity contribution in [3.8, 4) is 0 Å². The largest absolute Gasteiger partial charge is 0.479 e. The second kappa shape index (κ2) is 13.1. The number of aliphatic carboxylic acids is 1. The quantitative estimate of drug-likeness (QED) is 0.0887. The van der Waals surface area contributed by atoms with Gasteiger partial charge in [-0.3, -0.25) is 18.2 Å². The maximum Gasteiger partial charge on any atom is 0.397 e. The molecule has 0 spiro atoms. The summed E-state index contributed by atoms with van der Waals surface area (Å²) in [5.41, 5.74) is 0. The Morgan fingerprint density at radius 2 is 1.20 bits per heavy atom. The minimum Gasteiger partial charge on any atom is -0.479 e. The lowest BCUT2D eigenvalue weighted by molar-refractivity contribution is -0.344. The van der Waals surface area contributed by atoms with E-state index in [9.17, 15) is 58.3 Å². The number of rotatable bonds is 13. The molecule has 2 fully saturated rings. The van der Waals surface area contributed by atoms with Gasteiger partial charge in [0.05, 0.1) is 6.61 Å². The molecule has 0 unspecified atom stereocenters. The predicted octanol–water partition coefficient (Wildman–Crippen LogP) is -5.34. The number of aliphatic hydroxyl groups is 2. The van der Waals surface area contributed by atoms with E-state index < -0.39 is 116 Å². The highest BCUT2D eigenvalue weighted by molar-refractivity contribution is 7.81. The summed E-state index contributed by atoms with van der Waals surface area (Å²) < 4.78 is 164. The van der Waals surface area contributed by atoms with Crippen LogP contribution in [0.15, 0.2) is 0 Å². The van der Waals surface area contributed by atoms with Crippen LogP contribution in [-0.2, 0) is 82.1 Å². The van der Waals surface area contributed by atoms with Crippen LogP contribution in [0.4, 0.5) is 0 Å². The molecule has 41 heavy (non-hydrogen) atoms. The van der Waals surface area contributed by atoms with Crippen molar-refractivity contribution in [3.63, 3.8) is 0 Å². The monoisotopic (exact) mass is 690 g/mol. The van der Waals surface area contributed by atoms with Gasteiger partial charge in [0.1, 0.15) is 30.5 Å².